The summed E-state index contributed by atoms with van der Waals surface area (Å²) in [7, 11) is 1.93. The van der Waals surface area contributed by atoms with Crippen LogP contribution in [0.2, 0.25) is 0 Å². The molecule has 1 aromatic heterocycles. The minimum absolute atomic E-state index is 0.258. The fourth-order valence-electron chi connectivity index (χ4n) is 1.51. The zero-order valence-electron chi connectivity index (χ0n) is 9.61. The molecule has 4 nitrogen and oxygen atoms in total. The lowest BCUT2D eigenvalue weighted by Gasteiger charge is -2.11. The number of aromatic nitrogens is 2. The SMILES string of the molecule is CCCNCC(O)CCc1ccnn1C. The molecular weight excluding hydrogens is 190 g/mol. The van der Waals surface area contributed by atoms with Crippen LogP contribution in [-0.4, -0.2) is 34.1 Å². The second-order valence-electron chi connectivity index (χ2n) is 3.84. The lowest BCUT2D eigenvalue weighted by Crippen LogP contribution is -2.27. The Labute approximate surface area is 91.3 Å². The van der Waals surface area contributed by atoms with Gasteiger partial charge in [-0.3, -0.25) is 4.68 Å². The Kier molecular flexibility index (Phi) is 5.36. The van der Waals surface area contributed by atoms with E-state index in [9.17, 15) is 5.11 Å². The fourth-order valence-corrected chi connectivity index (χ4v) is 1.51. The monoisotopic (exact) mass is 211 g/mol. The molecule has 0 radical (unpaired) electrons. The van der Waals surface area contributed by atoms with Gasteiger partial charge in [0.15, 0.2) is 0 Å². The normalized spacial score (nSPS) is 13.0. The van der Waals surface area contributed by atoms with Gasteiger partial charge >= 0.3 is 0 Å². The van der Waals surface area contributed by atoms with Gasteiger partial charge in [0.1, 0.15) is 0 Å². The molecule has 0 saturated carbocycles. The van der Waals surface area contributed by atoms with Crippen molar-refractivity contribution in [2.24, 2.45) is 7.05 Å². The van der Waals surface area contributed by atoms with Crippen molar-refractivity contribution in [3.05, 3.63) is 18.0 Å². The highest BCUT2D eigenvalue weighted by molar-refractivity contribution is 5.00. The number of aliphatic hydroxyl groups excluding tert-OH is 1. The third kappa shape index (κ3) is 4.44. The Morgan fingerprint density at radius 1 is 1.60 bits per heavy atom. The minimum atomic E-state index is -0.258. The van der Waals surface area contributed by atoms with Crippen molar-refractivity contribution in [1.82, 2.24) is 15.1 Å². The van der Waals surface area contributed by atoms with Crippen LogP contribution in [0.3, 0.4) is 0 Å². The molecule has 4 heteroatoms. The van der Waals surface area contributed by atoms with Crippen LogP contribution in [0.4, 0.5) is 0 Å². The van der Waals surface area contributed by atoms with E-state index in [1.165, 1.54) is 5.69 Å². The summed E-state index contributed by atoms with van der Waals surface area (Å²) in [4.78, 5) is 0. The molecule has 1 heterocycles. The maximum atomic E-state index is 9.67. The van der Waals surface area contributed by atoms with Crippen LogP contribution in [0.5, 0.6) is 0 Å². The predicted molar refractivity (Wildman–Crippen MR) is 60.7 cm³/mol. The minimum Gasteiger partial charge on any atom is -0.392 e. The Balaban J connectivity index is 2.16. The Morgan fingerprint density at radius 3 is 3.00 bits per heavy atom. The van der Waals surface area contributed by atoms with Crippen LogP contribution in [0.15, 0.2) is 12.3 Å². The summed E-state index contributed by atoms with van der Waals surface area (Å²) in [6, 6.07) is 1.99. The fraction of sp³-hybridized carbons (Fsp3) is 0.727. The van der Waals surface area contributed by atoms with Gasteiger partial charge in [-0.05, 0) is 31.9 Å². The molecule has 0 aliphatic carbocycles. The van der Waals surface area contributed by atoms with Gasteiger partial charge < -0.3 is 10.4 Å². The molecule has 2 N–H and O–H groups in total. The summed E-state index contributed by atoms with van der Waals surface area (Å²) in [6.07, 6.45) is 4.30. The third-order valence-electron chi connectivity index (χ3n) is 2.46. The van der Waals surface area contributed by atoms with E-state index in [-0.39, 0.29) is 6.10 Å². The van der Waals surface area contributed by atoms with Crippen molar-refractivity contribution in [3.63, 3.8) is 0 Å². The second-order valence-corrected chi connectivity index (χ2v) is 3.84. The van der Waals surface area contributed by atoms with E-state index in [0.29, 0.717) is 6.54 Å². The Hall–Kier alpha value is -0.870. The highest BCUT2D eigenvalue weighted by Crippen LogP contribution is 2.03. The summed E-state index contributed by atoms with van der Waals surface area (Å²) in [6.45, 7) is 3.78. The van der Waals surface area contributed by atoms with E-state index in [1.54, 1.807) is 6.20 Å². The zero-order chi connectivity index (χ0) is 11.1. The quantitative estimate of drug-likeness (QED) is 0.653. The number of aryl methyl sites for hydroxylation is 2. The van der Waals surface area contributed by atoms with Crippen molar-refractivity contribution < 1.29 is 5.11 Å². The summed E-state index contributed by atoms with van der Waals surface area (Å²) in [5, 5.41) is 17.0. The molecule has 15 heavy (non-hydrogen) atoms. The maximum Gasteiger partial charge on any atom is 0.0668 e. The zero-order valence-corrected chi connectivity index (χ0v) is 9.61. The average molecular weight is 211 g/mol. The van der Waals surface area contributed by atoms with Gasteiger partial charge in [-0.15, -0.1) is 0 Å². The lowest BCUT2D eigenvalue weighted by molar-refractivity contribution is 0.161. The van der Waals surface area contributed by atoms with Crippen LogP contribution in [0.1, 0.15) is 25.5 Å². The molecule has 0 saturated heterocycles. The van der Waals surface area contributed by atoms with Crippen LogP contribution in [0.25, 0.3) is 0 Å². The standard InChI is InChI=1S/C11H21N3O/c1-3-7-12-9-11(15)5-4-10-6-8-13-14(10)2/h6,8,11-12,15H,3-5,7,9H2,1-2H3. The largest absolute Gasteiger partial charge is 0.392 e. The average Bonchev–Trinajstić information content (AvgIpc) is 2.61. The van der Waals surface area contributed by atoms with Crippen molar-refractivity contribution in [3.8, 4) is 0 Å². The van der Waals surface area contributed by atoms with Gasteiger partial charge in [-0.2, -0.15) is 5.10 Å². The first-order chi connectivity index (χ1) is 7.24. The van der Waals surface area contributed by atoms with Crippen LogP contribution in [-0.2, 0) is 13.5 Å². The number of rotatable bonds is 7. The number of nitrogens with one attached hydrogen (secondary N) is 1. The van der Waals surface area contributed by atoms with Crippen molar-refractivity contribution in [2.75, 3.05) is 13.1 Å². The van der Waals surface area contributed by atoms with E-state index in [1.807, 2.05) is 17.8 Å². The number of nitrogens with zero attached hydrogens (tertiary/aromatic N) is 2. The first kappa shape index (κ1) is 12.2. The molecule has 0 amide bonds. The van der Waals surface area contributed by atoms with E-state index >= 15 is 0 Å². The smallest absolute Gasteiger partial charge is 0.0668 e. The summed E-state index contributed by atoms with van der Waals surface area (Å²) < 4.78 is 1.85. The maximum absolute atomic E-state index is 9.67. The molecule has 0 aromatic carbocycles. The van der Waals surface area contributed by atoms with E-state index < -0.39 is 0 Å². The predicted octanol–water partition coefficient (Wildman–Crippen LogP) is 0.713. The molecule has 0 aliphatic heterocycles. The van der Waals surface area contributed by atoms with Gasteiger partial charge in [0, 0.05) is 25.5 Å². The summed E-state index contributed by atoms with van der Waals surface area (Å²) in [5.41, 5.74) is 1.17. The van der Waals surface area contributed by atoms with Gasteiger partial charge in [0.2, 0.25) is 0 Å². The summed E-state index contributed by atoms with van der Waals surface area (Å²) >= 11 is 0. The van der Waals surface area contributed by atoms with Crippen LogP contribution >= 0.6 is 0 Å². The van der Waals surface area contributed by atoms with Gasteiger partial charge in [0.05, 0.1) is 6.10 Å². The number of hydrogen-bond acceptors (Lipinski definition) is 3. The van der Waals surface area contributed by atoms with Gasteiger partial charge in [-0.1, -0.05) is 6.92 Å². The highest BCUT2D eigenvalue weighted by atomic mass is 16.3. The molecule has 1 unspecified atom stereocenters. The van der Waals surface area contributed by atoms with E-state index in [0.717, 1.165) is 25.8 Å². The van der Waals surface area contributed by atoms with Crippen molar-refractivity contribution in [2.45, 2.75) is 32.3 Å². The van der Waals surface area contributed by atoms with E-state index in [4.69, 9.17) is 0 Å². The number of hydrogen-bond donors (Lipinski definition) is 2. The molecule has 0 bridgehead atoms. The molecular formula is C11H21N3O. The van der Waals surface area contributed by atoms with Crippen LogP contribution in [0, 0.1) is 0 Å². The summed E-state index contributed by atoms with van der Waals surface area (Å²) in [5.74, 6) is 0. The second kappa shape index (κ2) is 6.58. The molecule has 1 atom stereocenters. The molecule has 1 aromatic rings. The van der Waals surface area contributed by atoms with Crippen molar-refractivity contribution in [1.29, 1.82) is 0 Å². The molecule has 0 fully saturated rings. The van der Waals surface area contributed by atoms with Gasteiger partial charge in [-0.25, -0.2) is 0 Å². The molecule has 0 aliphatic rings. The lowest BCUT2D eigenvalue weighted by atomic mass is 10.1. The van der Waals surface area contributed by atoms with Crippen molar-refractivity contribution >= 4 is 0 Å². The molecule has 0 spiro atoms. The first-order valence-corrected chi connectivity index (χ1v) is 5.59. The Morgan fingerprint density at radius 2 is 2.40 bits per heavy atom. The van der Waals surface area contributed by atoms with E-state index in [2.05, 4.69) is 17.3 Å². The first-order valence-electron chi connectivity index (χ1n) is 5.59. The van der Waals surface area contributed by atoms with Crippen LogP contribution < -0.4 is 5.32 Å². The number of aliphatic hydroxyl groups is 1. The molecule has 1 rings (SSSR count). The third-order valence-corrected chi connectivity index (χ3v) is 2.46. The highest BCUT2D eigenvalue weighted by Gasteiger charge is 2.05. The van der Waals surface area contributed by atoms with Gasteiger partial charge in [0.25, 0.3) is 0 Å². The topological polar surface area (TPSA) is 50.1 Å². The molecule has 86 valence electrons. The Bertz CT molecular complexity index is 273.